The number of benzene rings is 1. The average molecular weight is 320 g/mol. The summed E-state index contributed by atoms with van der Waals surface area (Å²) < 4.78 is 13.8. The summed E-state index contributed by atoms with van der Waals surface area (Å²) in [5.74, 6) is 3.41. The van der Waals surface area contributed by atoms with Gasteiger partial charge in [-0.2, -0.15) is 23.5 Å². The first-order valence-electron chi connectivity index (χ1n) is 6.57. The minimum Gasteiger partial charge on any atom is -0.313 e. The van der Waals surface area contributed by atoms with Crippen LogP contribution >= 0.6 is 35.1 Å². The Morgan fingerprint density at radius 1 is 1.47 bits per heavy atom. The lowest BCUT2D eigenvalue weighted by molar-refractivity contribution is 0.507. The van der Waals surface area contributed by atoms with Crippen molar-refractivity contribution in [1.29, 1.82) is 0 Å². The predicted molar refractivity (Wildman–Crippen MR) is 86.1 cm³/mol. The first kappa shape index (κ1) is 15.5. The van der Waals surface area contributed by atoms with Crippen LogP contribution in [0.5, 0.6) is 0 Å². The van der Waals surface area contributed by atoms with E-state index in [-0.39, 0.29) is 5.82 Å². The maximum atomic E-state index is 13.8. The van der Waals surface area contributed by atoms with Gasteiger partial charge < -0.3 is 5.32 Å². The largest absolute Gasteiger partial charge is 0.313 e. The molecule has 0 amide bonds. The molecule has 0 radical (unpaired) electrons. The lowest BCUT2D eigenvalue weighted by Gasteiger charge is -2.30. The Morgan fingerprint density at radius 2 is 2.32 bits per heavy atom. The summed E-state index contributed by atoms with van der Waals surface area (Å²) in [5.41, 5.74) is 0.717. The standard InChI is InChI=1S/C14H19ClFNS2/c1-2-17-13(14-9-18-5-6-19-14)8-10-7-11(15)3-4-12(10)16/h3-4,7,13-14,17H,2,5-6,8-9H2,1H3. The van der Waals surface area contributed by atoms with E-state index in [0.29, 0.717) is 22.7 Å². The topological polar surface area (TPSA) is 12.0 Å². The molecule has 0 spiro atoms. The molecule has 1 aliphatic heterocycles. The molecule has 1 N–H and O–H groups in total. The van der Waals surface area contributed by atoms with Crippen molar-refractivity contribution >= 4 is 35.1 Å². The van der Waals surface area contributed by atoms with E-state index in [1.54, 1.807) is 12.1 Å². The molecule has 0 aliphatic carbocycles. The van der Waals surface area contributed by atoms with Gasteiger partial charge >= 0.3 is 0 Å². The molecule has 1 aromatic rings. The van der Waals surface area contributed by atoms with Crippen LogP contribution in [0.1, 0.15) is 12.5 Å². The Kier molecular flexibility index (Phi) is 6.33. The van der Waals surface area contributed by atoms with Crippen molar-refractivity contribution < 1.29 is 4.39 Å². The van der Waals surface area contributed by atoms with E-state index < -0.39 is 0 Å². The van der Waals surface area contributed by atoms with Crippen LogP contribution in [-0.4, -0.2) is 35.1 Å². The Labute approximate surface area is 128 Å². The van der Waals surface area contributed by atoms with E-state index in [2.05, 4.69) is 12.2 Å². The fraction of sp³-hybridized carbons (Fsp3) is 0.571. The Hall–Kier alpha value is 0.1000. The highest BCUT2D eigenvalue weighted by atomic mass is 35.5. The fourth-order valence-electron chi connectivity index (χ4n) is 2.27. The maximum Gasteiger partial charge on any atom is 0.126 e. The van der Waals surface area contributed by atoms with Gasteiger partial charge in [0.2, 0.25) is 0 Å². The van der Waals surface area contributed by atoms with Gasteiger partial charge in [-0.25, -0.2) is 4.39 Å². The van der Waals surface area contributed by atoms with E-state index in [9.17, 15) is 4.39 Å². The number of likely N-dealkylation sites (N-methyl/N-ethyl adjacent to an activating group) is 1. The number of halogens is 2. The summed E-state index contributed by atoms with van der Waals surface area (Å²) in [6.45, 7) is 3.01. The molecule has 1 heterocycles. The molecule has 2 atom stereocenters. The van der Waals surface area contributed by atoms with Gasteiger partial charge in [0.1, 0.15) is 5.82 Å². The highest BCUT2D eigenvalue weighted by Crippen LogP contribution is 2.28. The zero-order valence-corrected chi connectivity index (χ0v) is 13.4. The van der Waals surface area contributed by atoms with Crippen molar-refractivity contribution in [3.63, 3.8) is 0 Å². The zero-order chi connectivity index (χ0) is 13.7. The second-order valence-electron chi connectivity index (χ2n) is 4.59. The van der Waals surface area contributed by atoms with E-state index >= 15 is 0 Å². The average Bonchev–Trinajstić information content (AvgIpc) is 2.43. The number of thioether (sulfide) groups is 2. The molecule has 106 valence electrons. The lowest BCUT2D eigenvalue weighted by atomic mass is 10.0. The SMILES string of the molecule is CCNC(Cc1cc(Cl)ccc1F)C1CSCCS1. The molecule has 1 nitrogen and oxygen atoms in total. The molecule has 1 aliphatic rings. The van der Waals surface area contributed by atoms with Crippen LogP contribution < -0.4 is 5.32 Å². The molecule has 0 saturated carbocycles. The van der Waals surface area contributed by atoms with Crippen LogP contribution in [0.25, 0.3) is 0 Å². The molecule has 5 heteroatoms. The van der Waals surface area contributed by atoms with Gasteiger partial charge in [0, 0.05) is 33.6 Å². The van der Waals surface area contributed by atoms with Crippen molar-refractivity contribution in [2.45, 2.75) is 24.6 Å². The first-order valence-corrected chi connectivity index (χ1v) is 9.15. The lowest BCUT2D eigenvalue weighted by Crippen LogP contribution is -2.42. The maximum absolute atomic E-state index is 13.8. The Morgan fingerprint density at radius 3 is 3.00 bits per heavy atom. The second kappa shape index (κ2) is 7.77. The third-order valence-corrected chi connectivity index (χ3v) is 6.36. The smallest absolute Gasteiger partial charge is 0.126 e. The summed E-state index contributed by atoms with van der Waals surface area (Å²) in [6, 6.07) is 5.13. The van der Waals surface area contributed by atoms with Gasteiger partial charge in [0.15, 0.2) is 0 Å². The van der Waals surface area contributed by atoms with Crippen LogP contribution in [0.2, 0.25) is 5.02 Å². The molecule has 1 fully saturated rings. The van der Waals surface area contributed by atoms with Crippen molar-refractivity contribution in [3.8, 4) is 0 Å². The summed E-state index contributed by atoms with van der Waals surface area (Å²) in [5, 5.41) is 4.67. The Bertz CT molecular complexity index is 410. The molecule has 19 heavy (non-hydrogen) atoms. The first-order chi connectivity index (χ1) is 9.20. The normalized spacial score (nSPS) is 21.3. The van der Waals surface area contributed by atoms with Crippen LogP contribution in [0.3, 0.4) is 0 Å². The van der Waals surface area contributed by atoms with Gasteiger partial charge in [-0.3, -0.25) is 0 Å². The molecule has 2 rings (SSSR count). The van der Waals surface area contributed by atoms with Crippen LogP contribution in [0.15, 0.2) is 18.2 Å². The van der Waals surface area contributed by atoms with Crippen molar-refractivity contribution in [1.82, 2.24) is 5.32 Å². The monoisotopic (exact) mass is 319 g/mol. The van der Waals surface area contributed by atoms with Gasteiger partial charge in [-0.05, 0) is 36.7 Å². The van der Waals surface area contributed by atoms with Crippen LogP contribution in [0, 0.1) is 5.82 Å². The van der Waals surface area contributed by atoms with Gasteiger partial charge in [0.05, 0.1) is 0 Å². The molecule has 0 bridgehead atoms. The van der Waals surface area contributed by atoms with E-state index in [0.717, 1.165) is 17.9 Å². The zero-order valence-electron chi connectivity index (χ0n) is 11.0. The molecule has 1 aromatic carbocycles. The fourth-order valence-corrected chi connectivity index (χ4v) is 5.36. The van der Waals surface area contributed by atoms with E-state index in [1.807, 2.05) is 23.5 Å². The van der Waals surface area contributed by atoms with Crippen LogP contribution in [-0.2, 0) is 6.42 Å². The third kappa shape index (κ3) is 4.55. The minimum absolute atomic E-state index is 0.152. The summed E-state index contributed by atoms with van der Waals surface area (Å²) in [4.78, 5) is 0. The quantitative estimate of drug-likeness (QED) is 0.885. The highest BCUT2D eigenvalue weighted by molar-refractivity contribution is 8.06. The van der Waals surface area contributed by atoms with Crippen molar-refractivity contribution in [2.75, 3.05) is 23.8 Å². The van der Waals surface area contributed by atoms with Crippen molar-refractivity contribution in [2.24, 2.45) is 0 Å². The van der Waals surface area contributed by atoms with E-state index in [4.69, 9.17) is 11.6 Å². The summed E-state index contributed by atoms with van der Waals surface area (Å²) in [6.07, 6.45) is 0.707. The van der Waals surface area contributed by atoms with Gasteiger partial charge in [-0.1, -0.05) is 18.5 Å². The summed E-state index contributed by atoms with van der Waals surface area (Å²) in [7, 11) is 0. The molecule has 2 unspecified atom stereocenters. The molecule has 1 saturated heterocycles. The molecule has 0 aromatic heterocycles. The third-order valence-electron chi connectivity index (χ3n) is 3.20. The summed E-state index contributed by atoms with van der Waals surface area (Å²) >= 11 is 9.96. The minimum atomic E-state index is -0.152. The number of hydrogen-bond acceptors (Lipinski definition) is 3. The number of hydrogen-bond donors (Lipinski definition) is 1. The van der Waals surface area contributed by atoms with Crippen LogP contribution in [0.4, 0.5) is 4.39 Å². The van der Waals surface area contributed by atoms with Crippen molar-refractivity contribution in [3.05, 3.63) is 34.6 Å². The number of nitrogens with one attached hydrogen (secondary N) is 1. The van der Waals surface area contributed by atoms with Gasteiger partial charge in [-0.15, -0.1) is 0 Å². The Balaban J connectivity index is 2.08. The molecular formula is C14H19ClFNS2. The predicted octanol–water partition coefficient (Wildman–Crippen LogP) is 3.85. The number of rotatable bonds is 5. The second-order valence-corrected chi connectivity index (χ2v) is 7.52. The highest BCUT2D eigenvalue weighted by Gasteiger charge is 2.25. The molecular weight excluding hydrogens is 301 g/mol. The van der Waals surface area contributed by atoms with E-state index in [1.165, 1.54) is 17.6 Å². The van der Waals surface area contributed by atoms with Gasteiger partial charge in [0.25, 0.3) is 0 Å².